The number of nitrogens with zero attached hydrogens (tertiary/aromatic N) is 1. The molecule has 1 saturated heterocycles. The maximum absolute atomic E-state index is 13.9. The van der Waals surface area contributed by atoms with Crippen LogP contribution < -0.4 is 10.5 Å². The third-order valence-electron chi connectivity index (χ3n) is 6.31. The fraction of sp³-hybridized carbons (Fsp3) is 0.650. The maximum atomic E-state index is 13.9. The number of rotatable bonds is 6. The smallest absolute Gasteiger partial charge is 0.243 e. The van der Waals surface area contributed by atoms with Gasteiger partial charge in [0, 0.05) is 18.7 Å². The van der Waals surface area contributed by atoms with E-state index in [4.69, 9.17) is 5.73 Å². The van der Waals surface area contributed by atoms with Gasteiger partial charge in [-0.1, -0.05) is 6.92 Å². The third-order valence-corrected chi connectivity index (χ3v) is 7.87. The van der Waals surface area contributed by atoms with Gasteiger partial charge in [-0.2, -0.15) is 0 Å². The van der Waals surface area contributed by atoms with Gasteiger partial charge in [-0.15, -0.1) is 12.4 Å². The molecule has 3 rings (SSSR count). The molecule has 2 aliphatic rings. The van der Waals surface area contributed by atoms with E-state index < -0.39 is 38.8 Å². The van der Waals surface area contributed by atoms with Crippen molar-refractivity contribution in [2.45, 2.75) is 62.2 Å². The number of likely N-dealkylation sites (tertiary alicyclic amines) is 1. The first-order valence-corrected chi connectivity index (χ1v) is 11.7. The predicted molar refractivity (Wildman–Crippen MR) is 113 cm³/mol. The zero-order chi connectivity index (χ0) is 22.1. The number of carbonyl (C=O) groups is 1. The number of alkyl halides is 1. The van der Waals surface area contributed by atoms with Crippen LogP contribution in [0.25, 0.3) is 0 Å². The minimum atomic E-state index is -4.10. The van der Waals surface area contributed by atoms with E-state index in [1.54, 1.807) is 0 Å². The van der Waals surface area contributed by atoms with Gasteiger partial charge in [0.15, 0.2) is 0 Å². The monoisotopic (exact) mass is 483 g/mol. The molecule has 1 aromatic carbocycles. The van der Waals surface area contributed by atoms with E-state index in [1.165, 1.54) is 4.90 Å². The number of hydrogen-bond acceptors (Lipinski definition) is 4. The normalized spacial score (nSPS) is 26.2. The van der Waals surface area contributed by atoms with Crippen LogP contribution in [0.2, 0.25) is 0 Å². The van der Waals surface area contributed by atoms with E-state index in [-0.39, 0.29) is 42.7 Å². The zero-order valence-electron chi connectivity index (χ0n) is 17.3. The molecule has 6 nitrogen and oxygen atoms in total. The van der Waals surface area contributed by atoms with Crippen LogP contribution in [0.4, 0.5) is 13.2 Å². The number of hydrogen-bond donors (Lipinski definition) is 2. The highest BCUT2D eigenvalue weighted by Gasteiger charge is 2.36. The van der Waals surface area contributed by atoms with Gasteiger partial charge in [0.2, 0.25) is 15.9 Å². The number of halogens is 4. The van der Waals surface area contributed by atoms with Gasteiger partial charge in [0.25, 0.3) is 0 Å². The second kappa shape index (κ2) is 10.5. The maximum Gasteiger partial charge on any atom is 0.243 e. The predicted octanol–water partition coefficient (Wildman–Crippen LogP) is 2.76. The average Bonchev–Trinajstić information content (AvgIpc) is 3.12. The minimum absolute atomic E-state index is 0. The van der Waals surface area contributed by atoms with Gasteiger partial charge in [-0.05, 0) is 56.1 Å². The summed E-state index contributed by atoms with van der Waals surface area (Å²) in [5.41, 5.74) is 6.16. The van der Waals surface area contributed by atoms with E-state index >= 15 is 0 Å². The number of amides is 1. The van der Waals surface area contributed by atoms with Crippen LogP contribution in [0.5, 0.6) is 0 Å². The molecule has 0 spiro atoms. The van der Waals surface area contributed by atoms with Gasteiger partial charge < -0.3 is 10.6 Å². The first-order valence-electron chi connectivity index (χ1n) is 10.2. The standard InChI is InChI=1S/C20H28F3N3O3S.ClH/c1-12(19(24)20(27)26-9-8-15(22)11-26)13-2-5-16(6-3-13)25-30(28,29)18-7-4-14(21)10-17(18)23;/h4,7,10,12-13,15-16,19,25H,2-3,5-6,8-9,11,24H2,1H3;1H/t12-,13?,15-,16?,19-;/m0./s1. The molecule has 1 heterocycles. The average molecular weight is 484 g/mol. The SMILES string of the molecule is C[C@@H](C1CCC(NS(=O)(=O)c2ccc(F)cc2F)CC1)[C@H](N)C(=O)N1CC[C@H](F)C1.Cl. The molecule has 0 aromatic heterocycles. The Hall–Kier alpha value is -1.36. The molecule has 0 bridgehead atoms. The molecule has 1 aliphatic heterocycles. The summed E-state index contributed by atoms with van der Waals surface area (Å²) in [7, 11) is -4.10. The van der Waals surface area contributed by atoms with Crippen molar-refractivity contribution < 1.29 is 26.4 Å². The van der Waals surface area contributed by atoms with Crippen molar-refractivity contribution in [3.05, 3.63) is 29.8 Å². The largest absolute Gasteiger partial charge is 0.338 e. The summed E-state index contributed by atoms with van der Waals surface area (Å²) in [6.45, 7) is 2.37. The van der Waals surface area contributed by atoms with Crippen LogP contribution in [0.15, 0.2) is 23.1 Å². The highest BCUT2D eigenvalue weighted by atomic mass is 35.5. The van der Waals surface area contributed by atoms with E-state index in [2.05, 4.69) is 4.72 Å². The summed E-state index contributed by atoms with van der Waals surface area (Å²) in [6.07, 6.45) is 1.71. The first kappa shape index (κ1) is 25.9. The van der Waals surface area contributed by atoms with Crippen molar-refractivity contribution in [3.63, 3.8) is 0 Å². The highest BCUT2D eigenvalue weighted by Crippen LogP contribution is 2.33. The van der Waals surface area contributed by atoms with Crippen LogP contribution in [0.3, 0.4) is 0 Å². The molecule has 31 heavy (non-hydrogen) atoms. The Morgan fingerprint density at radius 1 is 1.19 bits per heavy atom. The Morgan fingerprint density at radius 3 is 2.39 bits per heavy atom. The Labute approximate surface area is 187 Å². The highest BCUT2D eigenvalue weighted by molar-refractivity contribution is 7.89. The number of sulfonamides is 1. The molecular formula is C20H29ClF3N3O3S. The molecule has 0 radical (unpaired) electrons. The quantitative estimate of drug-likeness (QED) is 0.650. The summed E-state index contributed by atoms with van der Waals surface area (Å²) in [5.74, 6) is -2.20. The van der Waals surface area contributed by atoms with E-state index in [0.717, 1.165) is 12.1 Å². The fourth-order valence-corrected chi connectivity index (χ4v) is 5.75. The summed E-state index contributed by atoms with van der Waals surface area (Å²) in [6, 6.07) is 1.26. The summed E-state index contributed by atoms with van der Waals surface area (Å²) < 4.78 is 67.6. The molecule has 2 fully saturated rings. The lowest BCUT2D eigenvalue weighted by molar-refractivity contribution is -0.133. The molecule has 3 atom stereocenters. The summed E-state index contributed by atoms with van der Waals surface area (Å²) in [4.78, 5) is 13.4. The molecule has 11 heteroatoms. The van der Waals surface area contributed by atoms with E-state index in [0.29, 0.717) is 44.7 Å². The number of nitrogens with two attached hydrogens (primary N) is 1. The second-order valence-corrected chi connectivity index (χ2v) is 10.0. The van der Waals surface area contributed by atoms with Crippen molar-refractivity contribution in [1.82, 2.24) is 9.62 Å². The van der Waals surface area contributed by atoms with E-state index in [1.807, 2.05) is 6.92 Å². The minimum Gasteiger partial charge on any atom is -0.338 e. The van der Waals surface area contributed by atoms with Crippen molar-refractivity contribution in [2.75, 3.05) is 13.1 Å². The first-order chi connectivity index (χ1) is 14.1. The van der Waals surface area contributed by atoms with Crippen molar-refractivity contribution >= 4 is 28.3 Å². The van der Waals surface area contributed by atoms with E-state index in [9.17, 15) is 26.4 Å². The fourth-order valence-electron chi connectivity index (χ4n) is 4.39. The molecular weight excluding hydrogens is 455 g/mol. The van der Waals surface area contributed by atoms with Crippen LogP contribution in [-0.2, 0) is 14.8 Å². The number of carbonyl (C=O) groups excluding carboxylic acids is 1. The second-order valence-electron chi connectivity index (χ2n) is 8.36. The van der Waals surface area contributed by atoms with Crippen LogP contribution in [0, 0.1) is 23.5 Å². The molecule has 3 N–H and O–H groups in total. The van der Waals surface area contributed by atoms with Crippen molar-refractivity contribution in [3.8, 4) is 0 Å². The topological polar surface area (TPSA) is 92.5 Å². The van der Waals surface area contributed by atoms with Gasteiger partial charge in [-0.3, -0.25) is 4.79 Å². The van der Waals surface area contributed by atoms with Crippen molar-refractivity contribution in [2.24, 2.45) is 17.6 Å². The lowest BCUT2D eigenvalue weighted by atomic mass is 9.76. The van der Waals surface area contributed by atoms with Crippen molar-refractivity contribution in [1.29, 1.82) is 0 Å². The Bertz CT molecular complexity index is 882. The molecule has 1 aliphatic carbocycles. The van der Waals surface area contributed by atoms with Gasteiger partial charge in [-0.25, -0.2) is 26.3 Å². The zero-order valence-corrected chi connectivity index (χ0v) is 18.9. The summed E-state index contributed by atoms with van der Waals surface area (Å²) in [5, 5.41) is 0. The molecule has 1 amide bonds. The molecule has 176 valence electrons. The molecule has 0 unspecified atom stereocenters. The Morgan fingerprint density at radius 2 is 1.84 bits per heavy atom. The van der Waals surface area contributed by atoms with Gasteiger partial charge in [0.1, 0.15) is 22.7 Å². The lowest BCUT2D eigenvalue weighted by Gasteiger charge is -2.35. The number of nitrogens with one attached hydrogen (secondary N) is 1. The van der Waals surface area contributed by atoms with Gasteiger partial charge in [0.05, 0.1) is 12.6 Å². The Kier molecular flexibility index (Phi) is 8.77. The van der Waals surface area contributed by atoms with Crippen LogP contribution in [0.1, 0.15) is 39.0 Å². The third kappa shape index (κ3) is 6.12. The van der Waals surface area contributed by atoms with Crippen LogP contribution >= 0.6 is 12.4 Å². The Balaban J connectivity index is 0.00000341. The molecule has 1 saturated carbocycles. The lowest BCUT2D eigenvalue weighted by Crippen LogP contribution is -2.49. The van der Waals surface area contributed by atoms with Gasteiger partial charge >= 0.3 is 0 Å². The number of benzene rings is 1. The molecule has 1 aromatic rings. The summed E-state index contributed by atoms with van der Waals surface area (Å²) >= 11 is 0. The van der Waals surface area contributed by atoms with Crippen LogP contribution in [-0.4, -0.2) is 50.6 Å².